The summed E-state index contributed by atoms with van der Waals surface area (Å²) in [5.41, 5.74) is -0.0754. The van der Waals surface area contributed by atoms with E-state index in [4.69, 9.17) is 0 Å². The highest BCUT2D eigenvalue weighted by atomic mass is 19.4. The summed E-state index contributed by atoms with van der Waals surface area (Å²) >= 11 is 0. The molecule has 3 aromatic rings. The Balaban J connectivity index is 1.92. The summed E-state index contributed by atoms with van der Waals surface area (Å²) in [6.07, 6.45) is -2.38. The van der Waals surface area contributed by atoms with Crippen molar-refractivity contribution in [1.29, 1.82) is 0 Å². The Bertz CT molecular complexity index is 853. The first-order chi connectivity index (χ1) is 11.3. The molecule has 0 saturated heterocycles. The fraction of sp³-hybridized carbons (Fsp3) is 0.333. The third kappa shape index (κ3) is 2.86. The van der Waals surface area contributed by atoms with Crippen molar-refractivity contribution in [3.63, 3.8) is 0 Å². The van der Waals surface area contributed by atoms with Gasteiger partial charge in [0, 0.05) is 19.4 Å². The maximum absolute atomic E-state index is 12.9. The van der Waals surface area contributed by atoms with Gasteiger partial charge in [-0.05, 0) is 12.1 Å². The van der Waals surface area contributed by atoms with Crippen LogP contribution in [0.15, 0.2) is 24.5 Å². The smallest absolute Gasteiger partial charge is 0.351 e. The summed E-state index contributed by atoms with van der Waals surface area (Å²) < 4.78 is 65.4. The van der Waals surface area contributed by atoms with E-state index in [2.05, 4.69) is 20.3 Å². The number of rotatable bonds is 4. The van der Waals surface area contributed by atoms with E-state index in [9.17, 15) is 22.0 Å². The first-order valence-electron chi connectivity index (χ1n) is 6.58. The molecule has 0 spiro atoms. The molecular weight excluding hydrogens is 337 g/mol. The van der Waals surface area contributed by atoms with Crippen molar-refractivity contribution < 1.29 is 22.0 Å². The van der Waals surface area contributed by atoms with Crippen LogP contribution in [-0.2, 0) is 12.7 Å². The first kappa shape index (κ1) is 16.1. The second kappa shape index (κ2) is 5.69. The number of aromatic nitrogens is 6. The van der Waals surface area contributed by atoms with Crippen molar-refractivity contribution in [2.75, 3.05) is 11.9 Å². The molecule has 3 rings (SSSR count). The molecule has 24 heavy (non-hydrogen) atoms. The van der Waals surface area contributed by atoms with Crippen LogP contribution in [0.5, 0.6) is 0 Å². The Morgan fingerprint density at radius 1 is 1.21 bits per heavy atom. The maximum Gasteiger partial charge on any atom is 0.453 e. The number of hydrogen-bond donors (Lipinski definition) is 0. The SMILES string of the molecule is CN(Cc1nccn1C(F)F)c1ccc2nnc(C(F)(F)F)n2n1. The van der Waals surface area contributed by atoms with Crippen LogP contribution in [0.3, 0.4) is 0 Å². The van der Waals surface area contributed by atoms with Crippen LogP contribution in [-0.4, -0.2) is 36.4 Å². The van der Waals surface area contributed by atoms with Gasteiger partial charge in [-0.2, -0.15) is 26.5 Å². The van der Waals surface area contributed by atoms with Gasteiger partial charge in [0.15, 0.2) is 5.65 Å². The van der Waals surface area contributed by atoms with Gasteiger partial charge in [0.25, 0.3) is 5.82 Å². The average Bonchev–Trinajstić information content (AvgIpc) is 3.11. The Labute approximate surface area is 131 Å². The number of hydrogen-bond acceptors (Lipinski definition) is 5. The second-order valence-corrected chi connectivity index (χ2v) is 4.87. The minimum Gasteiger partial charge on any atom is -0.351 e. The van der Waals surface area contributed by atoms with Crippen molar-refractivity contribution in [1.82, 2.24) is 29.4 Å². The molecule has 0 atom stereocenters. The van der Waals surface area contributed by atoms with E-state index in [1.807, 2.05) is 0 Å². The third-order valence-electron chi connectivity index (χ3n) is 3.23. The van der Waals surface area contributed by atoms with Gasteiger partial charge in [0.2, 0.25) is 0 Å². The highest BCUT2D eigenvalue weighted by Crippen LogP contribution is 2.28. The molecule has 0 unspecified atom stereocenters. The van der Waals surface area contributed by atoms with Crippen LogP contribution in [0, 0.1) is 0 Å². The lowest BCUT2D eigenvalue weighted by Gasteiger charge is -2.18. The lowest BCUT2D eigenvalue weighted by molar-refractivity contribution is -0.146. The van der Waals surface area contributed by atoms with Gasteiger partial charge in [0.1, 0.15) is 11.6 Å². The van der Waals surface area contributed by atoms with E-state index < -0.39 is 18.6 Å². The van der Waals surface area contributed by atoms with Crippen LogP contribution < -0.4 is 4.90 Å². The maximum atomic E-state index is 12.9. The molecule has 128 valence electrons. The monoisotopic (exact) mass is 347 g/mol. The van der Waals surface area contributed by atoms with Gasteiger partial charge in [-0.25, -0.2) is 4.98 Å². The Hall–Kier alpha value is -2.79. The van der Waals surface area contributed by atoms with Crippen molar-refractivity contribution >= 4 is 11.5 Å². The zero-order valence-corrected chi connectivity index (χ0v) is 12.1. The van der Waals surface area contributed by atoms with Gasteiger partial charge in [-0.1, -0.05) is 0 Å². The zero-order valence-electron chi connectivity index (χ0n) is 12.1. The lowest BCUT2D eigenvalue weighted by atomic mass is 10.4. The second-order valence-electron chi connectivity index (χ2n) is 4.87. The summed E-state index contributed by atoms with van der Waals surface area (Å²) in [5, 5.41) is 10.3. The Kier molecular flexibility index (Phi) is 3.81. The number of halogens is 5. The minimum atomic E-state index is -4.71. The fourth-order valence-electron chi connectivity index (χ4n) is 2.10. The van der Waals surface area contributed by atoms with E-state index in [1.54, 1.807) is 0 Å². The van der Waals surface area contributed by atoms with Gasteiger partial charge >= 0.3 is 12.7 Å². The molecule has 0 fully saturated rings. The molecule has 0 aromatic carbocycles. The molecule has 12 heteroatoms. The normalized spacial score (nSPS) is 12.3. The molecule has 0 saturated carbocycles. The van der Waals surface area contributed by atoms with Crippen molar-refractivity contribution in [3.05, 3.63) is 36.2 Å². The highest BCUT2D eigenvalue weighted by molar-refractivity contribution is 5.45. The van der Waals surface area contributed by atoms with Gasteiger partial charge in [-0.3, -0.25) is 4.57 Å². The molecule has 3 aromatic heterocycles. The largest absolute Gasteiger partial charge is 0.453 e. The molecule has 0 aliphatic heterocycles. The summed E-state index contributed by atoms with van der Waals surface area (Å²) in [5.74, 6) is -1.09. The van der Waals surface area contributed by atoms with Gasteiger partial charge in [0.05, 0.1) is 6.54 Å². The van der Waals surface area contributed by atoms with E-state index >= 15 is 0 Å². The number of fused-ring (bicyclic) bond motifs is 1. The number of nitrogens with zero attached hydrogens (tertiary/aromatic N) is 7. The quantitative estimate of drug-likeness (QED) is 0.678. The molecule has 0 bridgehead atoms. The number of anilines is 1. The van der Waals surface area contributed by atoms with Gasteiger partial charge in [-0.15, -0.1) is 15.3 Å². The molecule has 0 aliphatic rings. The first-order valence-corrected chi connectivity index (χ1v) is 6.58. The van der Waals surface area contributed by atoms with E-state index in [0.717, 1.165) is 6.20 Å². The van der Waals surface area contributed by atoms with E-state index in [-0.39, 0.29) is 23.8 Å². The van der Waals surface area contributed by atoms with Crippen LogP contribution in [0.25, 0.3) is 5.65 Å². The summed E-state index contributed by atoms with van der Waals surface area (Å²) in [6, 6.07) is 2.72. The molecule has 0 N–H and O–H groups in total. The van der Waals surface area contributed by atoms with E-state index in [0.29, 0.717) is 9.08 Å². The number of imidazole rings is 1. The summed E-state index contributed by atoms with van der Waals surface area (Å²) in [7, 11) is 1.50. The molecule has 0 radical (unpaired) electrons. The van der Waals surface area contributed by atoms with Crippen LogP contribution in [0.1, 0.15) is 18.2 Å². The predicted octanol–water partition coefficient (Wildman–Crippen LogP) is 2.37. The summed E-state index contributed by atoms with van der Waals surface area (Å²) in [4.78, 5) is 5.20. The highest BCUT2D eigenvalue weighted by Gasteiger charge is 2.37. The topological polar surface area (TPSA) is 64.1 Å². The molecule has 0 amide bonds. The van der Waals surface area contributed by atoms with Crippen LogP contribution >= 0.6 is 0 Å². The lowest BCUT2D eigenvalue weighted by Crippen LogP contribution is -2.22. The number of alkyl halides is 5. The fourth-order valence-corrected chi connectivity index (χ4v) is 2.10. The van der Waals surface area contributed by atoms with Crippen molar-refractivity contribution in [2.45, 2.75) is 19.3 Å². The Morgan fingerprint density at radius 3 is 2.62 bits per heavy atom. The predicted molar refractivity (Wildman–Crippen MR) is 71.4 cm³/mol. The standard InChI is InChI=1S/C12H10F5N7/c1-22(6-9-18-4-5-23(9)11(13)14)8-3-2-7-19-20-10(12(15,16)17)24(7)21-8/h2-5,11H,6H2,1H3. The Morgan fingerprint density at radius 2 is 1.96 bits per heavy atom. The van der Waals surface area contributed by atoms with Gasteiger partial charge < -0.3 is 4.90 Å². The van der Waals surface area contributed by atoms with Crippen molar-refractivity contribution in [3.8, 4) is 0 Å². The summed E-state index contributed by atoms with van der Waals surface area (Å²) in [6.45, 7) is -2.83. The molecule has 0 aliphatic carbocycles. The molecule has 7 nitrogen and oxygen atoms in total. The van der Waals surface area contributed by atoms with E-state index in [1.165, 1.54) is 30.3 Å². The van der Waals surface area contributed by atoms with Crippen LogP contribution in [0.4, 0.5) is 27.8 Å². The molecular formula is C12H10F5N7. The average molecular weight is 347 g/mol. The molecule has 3 heterocycles. The zero-order chi connectivity index (χ0) is 17.5. The minimum absolute atomic E-state index is 0.0502. The van der Waals surface area contributed by atoms with Crippen molar-refractivity contribution in [2.24, 2.45) is 0 Å². The van der Waals surface area contributed by atoms with Crippen LogP contribution in [0.2, 0.25) is 0 Å². The third-order valence-corrected chi connectivity index (χ3v) is 3.23.